The Hall–Kier alpha value is -2.02. The quantitative estimate of drug-likeness (QED) is 0.645. The van der Waals surface area contributed by atoms with Gasteiger partial charge in [0.05, 0.1) is 12.5 Å². The molecule has 0 unspecified atom stereocenters. The van der Waals surface area contributed by atoms with E-state index < -0.39 is 0 Å². The lowest BCUT2D eigenvalue weighted by Gasteiger charge is -2.37. The van der Waals surface area contributed by atoms with Gasteiger partial charge < -0.3 is 20.1 Å². The molecule has 8 heteroatoms. The first-order valence-corrected chi connectivity index (χ1v) is 10.4. The van der Waals surface area contributed by atoms with Gasteiger partial charge in [0.25, 0.3) is 0 Å². The summed E-state index contributed by atoms with van der Waals surface area (Å²) >= 11 is 0. The molecule has 2 heterocycles. The van der Waals surface area contributed by atoms with E-state index in [0.717, 1.165) is 43.5 Å². The van der Waals surface area contributed by atoms with E-state index in [-0.39, 0.29) is 36.1 Å². The van der Waals surface area contributed by atoms with Gasteiger partial charge in [0.2, 0.25) is 5.91 Å². The van der Waals surface area contributed by atoms with Crippen LogP contribution in [0, 0.1) is 11.3 Å². The van der Waals surface area contributed by atoms with E-state index in [0.29, 0.717) is 30.6 Å². The van der Waals surface area contributed by atoms with Crippen molar-refractivity contribution < 1.29 is 14.3 Å². The van der Waals surface area contributed by atoms with E-state index in [4.69, 9.17) is 9.47 Å². The molecule has 6 nitrogen and oxygen atoms in total. The predicted octanol–water partition coefficient (Wildman–Crippen LogP) is 3.91. The molecule has 2 atom stereocenters. The molecule has 0 bridgehead atoms. The summed E-state index contributed by atoms with van der Waals surface area (Å²) in [6, 6.07) is 9.67. The molecule has 2 fully saturated rings. The fraction of sp³-hybridized carbons (Fsp3) is 0.478. The third-order valence-electron chi connectivity index (χ3n) is 6.29. The highest BCUT2D eigenvalue weighted by molar-refractivity contribution is 5.85. The van der Waals surface area contributed by atoms with Gasteiger partial charge in [-0.25, -0.2) is 0 Å². The standard InChI is InChI=1S/C23H29N3O3.2ClH/c1-28-21-11-17(7-8-20(21)29-15-18-5-4-10-24-12-18)13-26-22(27)23-9-3-2-6-19(23)14-25-16-23;;/h4-5,7-8,10-12,19,25H,2-3,6,9,13-16H2,1H3,(H,26,27);2*1H/t19-,23+;;/m0../s1. The van der Waals surface area contributed by atoms with Gasteiger partial charge in [-0.3, -0.25) is 9.78 Å². The van der Waals surface area contributed by atoms with Gasteiger partial charge in [-0.05, 0) is 49.1 Å². The van der Waals surface area contributed by atoms with Gasteiger partial charge in [-0.2, -0.15) is 0 Å². The number of nitrogens with one attached hydrogen (secondary N) is 2. The molecular formula is C23H31Cl2N3O3. The first-order chi connectivity index (χ1) is 14.2. The average Bonchev–Trinajstić information content (AvgIpc) is 3.22. The molecule has 1 saturated heterocycles. The van der Waals surface area contributed by atoms with Crippen LogP contribution >= 0.6 is 24.8 Å². The third-order valence-corrected chi connectivity index (χ3v) is 6.29. The summed E-state index contributed by atoms with van der Waals surface area (Å²) in [5.41, 5.74) is 1.77. The first-order valence-electron chi connectivity index (χ1n) is 10.4. The Balaban J connectivity index is 0.00000171. The molecule has 1 aliphatic heterocycles. The second kappa shape index (κ2) is 11.6. The molecule has 170 valence electrons. The average molecular weight is 468 g/mol. The number of carbonyl (C=O) groups is 1. The Kier molecular flexibility index (Phi) is 9.41. The van der Waals surface area contributed by atoms with Crippen molar-refractivity contribution in [1.82, 2.24) is 15.6 Å². The van der Waals surface area contributed by atoms with Crippen molar-refractivity contribution in [3.63, 3.8) is 0 Å². The van der Waals surface area contributed by atoms with Crippen LogP contribution in [0.25, 0.3) is 0 Å². The van der Waals surface area contributed by atoms with Crippen molar-refractivity contribution in [3.8, 4) is 11.5 Å². The van der Waals surface area contributed by atoms with Crippen LogP contribution in [-0.4, -0.2) is 31.1 Å². The summed E-state index contributed by atoms with van der Waals surface area (Å²) in [5, 5.41) is 6.61. The number of nitrogens with zero attached hydrogens (tertiary/aromatic N) is 1. The molecule has 2 N–H and O–H groups in total. The van der Waals surface area contributed by atoms with Crippen molar-refractivity contribution in [1.29, 1.82) is 0 Å². The number of hydrogen-bond donors (Lipinski definition) is 2. The van der Waals surface area contributed by atoms with Crippen LogP contribution in [0.2, 0.25) is 0 Å². The number of ether oxygens (including phenoxy) is 2. The molecule has 1 aliphatic carbocycles. The summed E-state index contributed by atoms with van der Waals surface area (Å²) in [4.78, 5) is 17.1. The number of rotatable bonds is 7. The van der Waals surface area contributed by atoms with Crippen LogP contribution in [0.15, 0.2) is 42.7 Å². The van der Waals surface area contributed by atoms with E-state index >= 15 is 0 Å². The highest BCUT2D eigenvalue weighted by atomic mass is 35.5. The molecule has 0 radical (unpaired) electrons. The van der Waals surface area contributed by atoms with Crippen LogP contribution in [-0.2, 0) is 17.9 Å². The molecule has 2 aliphatic rings. The minimum Gasteiger partial charge on any atom is -0.493 e. The second-order valence-electron chi connectivity index (χ2n) is 8.05. The SMILES string of the molecule is COc1cc(CNC(=O)[C@@]23CCCC[C@H]2CNC3)ccc1OCc1cccnc1.Cl.Cl. The van der Waals surface area contributed by atoms with Crippen LogP contribution in [0.1, 0.15) is 36.8 Å². The zero-order valence-corrected chi connectivity index (χ0v) is 19.4. The Morgan fingerprint density at radius 2 is 2.10 bits per heavy atom. The zero-order chi connectivity index (χ0) is 20.1. The molecule has 1 aromatic heterocycles. The van der Waals surface area contributed by atoms with Crippen LogP contribution in [0.5, 0.6) is 11.5 Å². The Labute approximate surface area is 196 Å². The Morgan fingerprint density at radius 1 is 1.23 bits per heavy atom. The zero-order valence-electron chi connectivity index (χ0n) is 17.8. The summed E-state index contributed by atoms with van der Waals surface area (Å²) in [7, 11) is 1.63. The topological polar surface area (TPSA) is 72.5 Å². The maximum Gasteiger partial charge on any atom is 0.228 e. The van der Waals surface area contributed by atoms with Gasteiger partial charge in [0.15, 0.2) is 11.5 Å². The Morgan fingerprint density at radius 3 is 2.87 bits per heavy atom. The number of hydrogen-bond acceptors (Lipinski definition) is 5. The van der Waals surface area contributed by atoms with Crippen molar-refractivity contribution in [2.24, 2.45) is 11.3 Å². The monoisotopic (exact) mass is 467 g/mol. The molecule has 4 rings (SSSR count). The normalized spacial score (nSPS) is 21.8. The highest BCUT2D eigenvalue weighted by Gasteiger charge is 2.49. The summed E-state index contributed by atoms with van der Waals surface area (Å²) < 4.78 is 11.4. The lowest BCUT2D eigenvalue weighted by molar-refractivity contribution is -0.134. The van der Waals surface area contributed by atoms with E-state index in [2.05, 4.69) is 15.6 Å². The number of fused-ring (bicyclic) bond motifs is 1. The molecule has 0 spiro atoms. The number of pyridine rings is 1. The van der Waals surface area contributed by atoms with Gasteiger partial charge in [0, 0.05) is 31.0 Å². The van der Waals surface area contributed by atoms with Crippen LogP contribution in [0.3, 0.4) is 0 Å². The minimum absolute atomic E-state index is 0. The van der Waals surface area contributed by atoms with E-state index in [1.165, 1.54) is 6.42 Å². The maximum atomic E-state index is 13.0. The smallest absolute Gasteiger partial charge is 0.228 e. The van der Waals surface area contributed by atoms with Gasteiger partial charge in [-0.15, -0.1) is 24.8 Å². The van der Waals surface area contributed by atoms with E-state index in [1.807, 2.05) is 30.3 Å². The minimum atomic E-state index is -0.227. The number of halogens is 2. The molecule has 31 heavy (non-hydrogen) atoms. The number of carbonyl (C=O) groups excluding carboxylic acids is 1. The largest absolute Gasteiger partial charge is 0.493 e. The lowest BCUT2D eigenvalue weighted by atomic mass is 9.67. The van der Waals surface area contributed by atoms with Crippen LogP contribution < -0.4 is 20.1 Å². The van der Waals surface area contributed by atoms with Gasteiger partial charge in [0.1, 0.15) is 6.61 Å². The van der Waals surface area contributed by atoms with Crippen molar-refractivity contribution in [3.05, 3.63) is 53.9 Å². The van der Waals surface area contributed by atoms with Crippen molar-refractivity contribution in [2.75, 3.05) is 20.2 Å². The predicted molar refractivity (Wildman–Crippen MR) is 125 cm³/mol. The van der Waals surface area contributed by atoms with E-state index in [9.17, 15) is 4.79 Å². The van der Waals surface area contributed by atoms with Crippen molar-refractivity contribution >= 4 is 30.7 Å². The summed E-state index contributed by atoms with van der Waals surface area (Å²) in [6.07, 6.45) is 8.04. The van der Waals surface area contributed by atoms with Gasteiger partial charge in [-0.1, -0.05) is 25.0 Å². The highest BCUT2D eigenvalue weighted by Crippen LogP contribution is 2.44. The Bertz CT molecular complexity index is 853. The third kappa shape index (κ3) is 5.62. The lowest BCUT2D eigenvalue weighted by Crippen LogP contribution is -2.47. The number of aromatic nitrogens is 1. The molecule has 1 amide bonds. The summed E-state index contributed by atoms with van der Waals surface area (Å²) in [6.45, 7) is 2.68. The van der Waals surface area contributed by atoms with Gasteiger partial charge >= 0.3 is 0 Å². The second-order valence-corrected chi connectivity index (χ2v) is 8.05. The van der Waals surface area contributed by atoms with Crippen molar-refractivity contribution in [2.45, 2.75) is 38.8 Å². The summed E-state index contributed by atoms with van der Waals surface area (Å²) in [5.74, 6) is 1.99. The fourth-order valence-corrected chi connectivity index (χ4v) is 4.63. The van der Waals surface area contributed by atoms with E-state index in [1.54, 1.807) is 19.5 Å². The van der Waals surface area contributed by atoms with Crippen LogP contribution in [0.4, 0.5) is 0 Å². The first kappa shape index (κ1) is 25.2. The molecule has 1 aromatic carbocycles. The molecular weight excluding hydrogens is 437 g/mol. The number of benzene rings is 1. The fourth-order valence-electron chi connectivity index (χ4n) is 4.63. The maximum absolute atomic E-state index is 13.0. The molecule has 2 aromatic rings. The number of methoxy groups -OCH3 is 1. The number of amides is 1. The molecule has 1 saturated carbocycles.